The van der Waals surface area contributed by atoms with E-state index in [1.807, 2.05) is 67.6 Å². The van der Waals surface area contributed by atoms with E-state index in [0.717, 1.165) is 22.2 Å². The van der Waals surface area contributed by atoms with E-state index in [2.05, 4.69) is 17.5 Å². The number of hydrazone groups is 1. The van der Waals surface area contributed by atoms with Crippen LogP contribution in [0.5, 0.6) is 0 Å². The summed E-state index contributed by atoms with van der Waals surface area (Å²) in [5.74, 6) is 0.695. The average Bonchev–Trinajstić information content (AvgIpc) is 2.81. The fraction of sp³-hybridized carbons (Fsp3) is 0.174. The zero-order valence-electron chi connectivity index (χ0n) is 17.6. The Hall–Kier alpha value is -3.72. The van der Waals surface area contributed by atoms with E-state index < -0.39 is 20.9 Å². The Morgan fingerprint density at radius 3 is 2.19 bits per heavy atom. The number of benzene rings is 3. The second-order valence-electron chi connectivity index (χ2n) is 7.32. The molecule has 8 nitrogen and oxygen atoms in total. The summed E-state index contributed by atoms with van der Waals surface area (Å²) in [5.41, 5.74) is 3.39. The first kappa shape index (κ1) is 23.0. The number of nitrogens with one attached hydrogen (secondary N) is 1. The Balaban J connectivity index is 1.92. The van der Waals surface area contributed by atoms with Crippen LogP contribution < -0.4 is 5.43 Å². The van der Waals surface area contributed by atoms with Crippen molar-refractivity contribution in [2.24, 2.45) is 5.10 Å². The Morgan fingerprint density at radius 1 is 0.969 bits per heavy atom. The summed E-state index contributed by atoms with van der Waals surface area (Å²) >= 11 is 1.69. The zero-order valence-corrected chi connectivity index (χ0v) is 18.4. The Morgan fingerprint density at radius 2 is 1.59 bits per heavy atom. The fourth-order valence-corrected chi connectivity index (χ4v) is 4.27. The molecule has 1 atom stereocenters. The highest BCUT2D eigenvalue weighted by molar-refractivity contribution is 7.99. The number of hydrogen-bond donors (Lipinski definition) is 1. The third kappa shape index (κ3) is 5.30. The van der Waals surface area contributed by atoms with Crippen LogP contribution in [0.4, 0.5) is 17.1 Å². The van der Waals surface area contributed by atoms with Crippen LogP contribution in [0.3, 0.4) is 0 Å². The first-order chi connectivity index (χ1) is 15.3. The van der Waals surface area contributed by atoms with E-state index in [1.165, 1.54) is 12.1 Å². The third-order valence-corrected chi connectivity index (χ3v) is 6.54. The molecule has 0 heterocycles. The minimum absolute atomic E-state index is 0.0890. The molecule has 0 aliphatic rings. The second kappa shape index (κ2) is 10.1. The van der Waals surface area contributed by atoms with Crippen molar-refractivity contribution in [1.29, 1.82) is 0 Å². The number of non-ortho nitro benzene ring substituents is 1. The summed E-state index contributed by atoms with van der Waals surface area (Å²) in [6, 6.07) is 23.4. The molecule has 0 saturated heterocycles. The van der Waals surface area contributed by atoms with Gasteiger partial charge in [0, 0.05) is 27.8 Å². The van der Waals surface area contributed by atoms with E-state index in [4.69, 9.17) is 0 Å². The van der Waals surface area contributed by atoms with Crippen molar-refractivity contribution < 1.29 is 9.85 Å². The molecule has 1 N–H and O–H groups in total. The summed E-state index contributed by atoms with van der Waals surface area (Å²) in [5, 5.41) is 26.8. The average molecular weight is 451 g/mol. The van der Waals surface area contributed by atoms with Crippen LogP contribution in [0, 0.1) is 20.2 Å². The molecule has 0 bridgehead atoms. The zero-order chi connectivity index (χ0) is 23.1. The molecule has 0 aliphatic carbocycles. The van der Waals surface area contributed by atoms with Crippen molar-refractivity contribution in [1.82, 2.24) is 0 Å². The van der Waals surface area contributed by atoms with Gasteiger partial charge in [-0.05, 0) is 37.6 Å². The molecule has 3 aromatic carbocycles. The topological polar surface area (TPSA) is 111 Å². The standard InChI is InChI=1S/C23H22N4O4S/c1-17(24-25-21-14-13-19(26(28)29)15-22(21)27(30)31)23(2,18-9-5-3-6-10-18)16-32-20-11-7-4-8-12-20/h3-15,25H,16H2,1-2H3. The van der Waals surface area contributed by atoms with Crippen LogP contribution >= 0.6 is 11.8 Å². The van der Waals surface area contributed by atoms with Crippen LogP contribution in [0.25, 0.3) is 0 Å². The minimum atomic E-state index is -0.668. The molecule has 0 fully saturated rings. The lowest BCUT2D eigenvalue weighted by atomic mass is 9.80. The monoisotopic (exact) mass is 450 g/mol. The highest BCUT2D eigenvalue weighted by atomic mass is 32.2. The molecule has 9 heteroatoms. The molecule has 3 aromatic rings. The van der Waals surface area contributed by atoms with Gasteiger partial charge in [-0.15, -0.1) is 11.8 Å². The maximum atomic E-state index is 11.4. The van der Waals surface area contributed by atoms with Crippen molar-refractivity contribution in [3.05, 3.63) is 105 Å². The first-order valence-electron chi connectivity index (χ1n) is 9.78. The third-order valence-electron chi connectivity index (χ3n) is 5.21. The fourth-order valence-electron chi connectivity index (χ4n) is 3.09. The molecule has 32 heavy (non-hydrogen) atoms. The van der Waals surface area contributed by atoms with Crippen molar-refractivity contribution >= 4 is 34.5 Å². The molecule has 0 aromatic heterocycles. The van der Waals surface area contributed by atoms with Gasteiger partial charge in [0.2, 0.25) is 0 Å². The molecule has 1 unspecified atom stereocenters. The van der Waals surface area contributed by atoms with Crippen LogP contribution in [0.15, 0.2) is 88.9 Å². The maximum Gasteiger partial charge on any atom is 0.301 e. The summed E-state index contributed by atoms with van der Waals surface area (Å²) in [6.07, 6.45) is 0. The lowest BCUT2D eigenvalue weighted by Gasteiger charge is -2.30. The van der Waals surface area contributed by atoms with Crippen LogP contribution in [0.1, 0.15) is 19.4 Å². The molecular weight excluding hydrogens is 428 g/mol. The van der Waals surface area contributed by atoms with Gasteiger partial charge >= 0.3 is 5.69 Å². The summed E-state index contributed by atoms with van der Waals surface area (Å²) in [4.78, 5) is 22.2. The van der Waals surface area contributed by atoms with E-state index in [0.29, 0.717) is 5.75 Å². The summed E-state index contributed by atoms with van der Waals surface area (Å²) in [6.45, 7) is 3.94. The molecule has 0 amide bonds. The predicted molar refractivity (Wildman–Crippen MR) is 127 cm³/mol. The number of anilines is 1. The molecule has 0 saturated carbocycles. The summed E-state index contributed by atoms with van der Waals surface area (Å²) in [7, 11) is 0. The van der Waals surface area contributed by atoms with Gasteiger partial charge < -0.3 is 0 Å². The number of nitrogens with zero attached hydrogens (tertiary/aromatic N) is 3. The number of rotatable bonds is 9. The van der Waals surface area contributed by atoms with Crippen molar-refractivity contribution in [2.45, 2.75) is 24.2 Å². The van der Waals surface area contributed by atoms with Gasteiger partial charge in [-0.25, -0.2) is 0 Å². The largest absolute Gasteiger partial charge is 0.301 e. The van der Waals surface area contributed by atoms with E-state index in [9.17, 15) is 20.2 Å². The number of hydrogen-bond acceptors (Lipinski definition) is 7. The van der Waals surface area contributed by atoms with Crippen LogP contribution in [-0.2, 0) is 5.41 Å². The molecule has 164 valence electrons. The molecule has 0 spiro atoms. The van der Waals surface area contributed by atoms with Crippen LogP contribution in [-0.4, -0.2) is 21.3 Å². The smallest absolute Gasteiger partial charge is 0.272 e. The Kier molecular flexibility index (Phi) is 7.21. The predicted octanol–water partition coefficient (Wildman–Crippen LogP) is 6.04. The molecule has 0 radical (unpaired) electrons. The highest BCUT2D eigenvalue weighted by Gasteiger charge is 2.31. The second-order valence-corrected chi connectivity index (χ2v) is 8.37. The first-order valence-corrected chi connectivity index (χ1v) is 10.8. The Labute approximate surface area is 189 Å². The molecular formula is C23H22N4O4S. The SMILES string of the molecule is CC(=NNc1ccc([N+](=O)[O-])cc1[N+](=O)[O-])C(C)(CSc1ccccc1)c1ccccc1. The summed E-state index contributed by atoms with van der Waals surface area (Å²) < 4.78 is 0. The van der Waals surface area contributed by atoms with Gasteiger partial charge in [-0.2, -0.15) is 5.10 Å². The maximum absolute atomic E-state index is 11.4. The van der Waals surface area contributed by atoms with Gasteiger partial charge in [0.25, 0.3) is 5.69 Å². The number of nitro groups is 2. The van der Waals surface area contributed by atoms with E-state index in [1.54, 1.807) is 11.8 Å². The normalized spacial score (nSPS) is 13.2. The van der Waals surface area contributed by atoms with Gasteiger partial charge in [0.15, 0.2) is 0 Å². The molecule has 0 aliphatic heterocycles. The van der Waals surface area contributed by atoms with Gasteiger partial charge in [-0.1, -0.05) is 48.5 Å². The minimum Gasteiger partial charge on any atom is -0.272 e. The Bertz CT molecular complexity index is 1140. The number of nitro benzene ring substituents is 2. The highest BCUT2D eigenvalue weighted by Crippen LogP contribution is 2.34. The van der Waals surface area contributed by atoms with Crippen LogP contribution in [0.2, 0.25) is 0 Å². The van der Waals surface area contributed by atoms with E-state index in [-0.39, 0.29) is 11.4 Å². The lowest BCUT2D eigenvalue weighted by Crippen LogP contribution is -2.34. The lowest BCUT2D eigenvalue weighted by molar-refractivity contribution is -0.393. The molecule has 3 rings (SSSR count). The van der Waals surface area contributed by atoms with Gasteiger partial charge in [0.05, 0.1) is 15.9 Å². The van der Waals surface area contributed by atoms with Crippen molar-refractivity contribution in [3.8, 4) is 0 Å². The van der Waals surface area contributed by atoms with Crippen molar-refractivity contribution in [3.63, 3.8) is 0 Å². The quantitative estimate of drug-likeness (QED) is 0.184. The number of thioether (sulfide) groups is 1. The van der Waals surface area contributed by atoms with Crippen molar-refractivity contribution in [2.75, 3.05) is 11.2 Å². The van der Waals surface area contributed by atoms with Gasteiger partial charge in [0.1, 0.15) is 5.69 Å². The van der Waals surface area contributed by atoms with E-state index >= 15 is 0 Å². The van der Waals surface area contributed by atoms with Gasteiger partial charge in [-0.3, -0.25) is 25.7 Å².